The van der Waals surface area contributed by atoms with E-state index < -0.39 is 5.97 Å². The van der Waals surface area contributed by atoms with Gasteiger partial charge in [-0.05, 0) is 38.5 Å². The first-order chi connectivity index (χ1) is 8.35. The summed E-state index contributed by atoms with van der Waals surface area (Å²) < 4.78 is 0. The van der Waals surface area contributed by atoms with Gasteiger partial charge in [-0.3, -0.25) is 4.79 Å². The third kappa shape index (κ3) is 3.87. The maximum absolute atomic E-state index is 12.0. The van der Waals surface area contributed by atoms with E-state index in [0.29, 0.717) is 5.56 Å². The fourth-order valence-electron chi connectivity index (χ4n) is 1.86. The number of hydrogen-bond donors (Lipinski definition) is 2. The van der Waals surface area contributed by atoms with Crippen LogP contribution in [-0.4, -0.2) is 22.5 Å². The van der Waals surface area contributed by atoms with Crippen LogP contribution in [0.3, 0.4) is 0 Å². The van der Waals surface area contributed by atoms with Crippen LogP contribution in [0.15, 0.2) is 24.3 Å². The predicted octanol–water partition coefficient (Wildman–Crippen LogP) is 2.69. The van der Waals surface area contributed by atoms with Crippen molar-refractivity contribution >= 4 is 11.9 Å². The van der Waals surface area contributed by atoms with Crippen LogP contribution in [0.5, 0.6) is 0 Å². The van der Waals surface area contributed by atoms with Gasteiger partial charge in [0, 0.05) is 11.1 Å². The molecule has 0 saturated carbocycles. The molecule has 4 heteroatoms. The summed E-state index contributed by atoms with van der Waals surface area (Å²) in [6, 6.07) is 6.05. The second-order valence-corrected chi connectivity index (χ2v) is 4.97. The summed E-state index contributed by atoms with van der Waals surface area (Å²) in [6.45, 7) is 5.96. The molecule has 1 aromatic rings. The van der Waals surface area contributed by atoms with Gasteiger partial charge in [0.1, 0.15) is 0 Å². The zero-order chi connectivity index (χ0) is 13.8. The molecule has 0 heterocycles. The van der Waals surface area contributed by atoms with Gasteiger partial charge in [-0.25, -0.2) is 4.79 Å². The Morgan fingerprint density at radius 2 is 1.89 bits per heavy atom. The highest BCUT2D eigenvalue weighted by Gasteiger charge is 2.20. The Labute approximate surface area is 107 Å². The van der Waals surface area contributed by atoms with Gasteiger partial charge in [0.2, 0.25) is 0 Å². The third-order valence-electron chi connectivity index (χ3n) is 2.70. The van der Waals surface area contributed by atoms with E-state index in [1.54, 1.807) is 12.1 Å². The molecule has 0 aliphatic heterocycles. The summed E-state index contributed by atoms with van der Waals surface area (Å²) in [5.41, 5.74) is 0.209. The number of benzene rings is 1. The van der Waals surface area contributed by atoms with Crippen LogP contribution in [0.25, 0.3) is 0 Å². The van der Waals surface area contributed by atoms with Gasteiger partial charge in [-0.15, -0.1) is 0 Å². The average molecular weight is 249 g/mol. The molecule has 0 saturated heterocycles. The van der Waals surface area contributed by atoms with Gasteiger partial charge in [0.25, 0.3) is 5.91 Å². The highest BCUT2D eigenvalue weighted by atomic mass is 16.4. The van der Waals surface area contributed by atoms with E-state index in [4.69, 9.17) is 5.11 Å². The first-order valence-corrected chi connectivity index (χ1v) is 6.01. The molecule has 98 valence electrons. The predicted molar refractivity (Wildman–Crippen MR) is 69.9 cm³/mol. The van der Waals surface area contributed by atoms with Gasteiger partial charge < -0.3 is 10.4 Å². The van der Waals surface area contributed by atoms with Crippen molar-refractivity contribution in [3.63, 3.8) is 0 Å². The fourth-order valence-corrected chi connectivity index (χ4v) is 1.86. The Balaban J connectivity index is 2.84. The van der Waals surface area contributed by atoms with Gasteiger partial charge in [-0.1, -0.05) is 19.4 Å². The second-order valence-electron chi connectivity index (χ2n) is 4.97. The Morgan fingerprint density at radius 1 is 1.28 bits per heavy atom. The molecule has 1 rings (SSSR count). The molecule has 1 aromatic carbocycles. The van der Waals surface area contributed by atoms with E-state index in [1.807, 2.05) is 13.8 Å². The van der Waals surface area contributed by atoms with E-state index in [9.17, 15) is 9.59 Å². The summed E-state index contributed by atoms with van der Waals surface area (Å²) in [5.74, 6) is -1.27. The molecule has 18 heavy (non-hydrogen) atoms. The number of carboxylic acid groups (broad SMARTS) is 1. The van der Waals surface area contributed by atoms with E-state index in [0.717, 1.165) is 12.8 Å². The summed E-state index contributed by atoms with van der Waals surface area (Å²) >= 11 is 0. The Hall–Kier alpha value is -1.84. The van der Waals surface area contributed by atoms with Crippen molar-refractivity contribution < 1.29 is 14.7 Å². The molecule has 0 atom stereocenters. The number of carbonyl (C=O) groups excluding carboxylic acids is 1. The summed E-state index contributed by atoms with van der Waals surface area (Å²) in [4.78, 5) is 22.8. The molecule has 0 aliphatic rings. The first kappa shape index (κ1) is 14.2. The molecule has 0 aromatic heterocycles. The van der Waals surface area contributed by atoms with Crippen molar-refractivity contribution in [2.45, 2.75) is 39.2 Å². The lowest BCUT2D eigenvalue weighted by Gasteiger charge is -2.25. The second kappa shape index (κ2) is 5.67. The lowest BCUT2D eigenvalue weighted by molar-refractivity contribution is 0.0697. The molecular weight excluding hydrogens is 230 g/mol. The van der Waals surface area contributed by atoms with Gasteiger partial charge in [0.05, 0.1) is 5.56 Å². The SMILES string of the molecule is CCCC(C)(C)NC(=O)c1cccc(C(=O)O)c1. The molecule has 0 aliphatic carbocycles. The molecule has 4 nitrogen and oxygen atoms in total. The zero-order valence-corrected chi connectivity index (χ0v) is 11.0. The van der Waals surface area contributed by atoms with Crippen LogP contribution in [0, 0.1) is 0 Å². The summed E-state index contributed by atoms with van der Waals surface area (Å²) in [7, 11) is 0. The lowest BCUT2D eigenvalue weighted by atomic mass is 9.98. The molecule has 0 bridgehead atoms. The standard InChI is InChI=1S/C14H19NO3/c1-4-8-14(2,3)15-12(16)10-6-5-7-11(9-10)13(17)18/h5-7,9H,4,8H2,1-3H3,(H,15,16)(H,17,18). The van der Waals surface area contributed by atoms with Crippen LogP contribution in [0.4, 0.5) is 0 Å². The molecule has 2 N–H and O–H groups in total. The number of carboxylic acids is 1. The topological polar surface area (TPSA) is 66.4 Å². The largest absolute Gasteiger partial charge is 0.478 e. The van der Waals surface area contributed by atoms with E-state index in [2.05, 4.69) is 12.2 Å². The lowest BCUT2D eigenvalue weighted by Crippen LogP contribution is -2.43. The smallest absolute Gasteiger partial charge is 0.335 e. The van der Waals surface area contributed by atoms with Crippen LogP contribution in [-0.2, 0) is 0 Å². The van der Waals surface area contributed by atoms with Crippen LogP contribution >= 0.6 is 0 Å². The molecule has 1 amide bonds. The summed E-state index contributed by atoms with van der Waals surface area (Å²) in [5, 5.41) is 11.8. The van der Waals surface area contributed by atoms with Crippen molar-refractivity contribution in [1.29, 1.82) is 0 Å². The average Bonchev–Trinajstić information content (AvgIpc) is 2.28. The van der Waals surface area contributed by atoms with Crippen LogP contribution in [0.1, 0.15) is 54.3 Å². The quantitative estimate of drug-likeness (QED) is 0.843. The third-order valence-corrected chi connectivity index (χ3v) is 2.70. The minimum atomic E-state index is -1.03. The molecule has 0 spiro atoms. The van der Waals surface area contributed by atoms with Crippen LogP contribution in [0.2, 0.25) is 0 Å². The highest BCUT2D eigenvalue weighted by Crippen LogP contribution is 2.13. The van der Waals surface area contributed by atoms with E-state index in [-0.39, 0.29) is 17.0 Å². The van der Waals surface area contributed by atoms with Crippen molar-refractivity contribution in [2.24, 2.45) is 0 Å². The Bertz CT molecular complexity index is 452. The highest BCUT2D eigenvalue weighted by molar-refractivity contribution is 5.97. The minimum Gasteiger partial charge on any atom is -0.478 e. The molecule has 0 radical (unpaired) electrons. The summed E-state index contributed by atoms with van der Waals surface area (Å²) in [6.07, 6.45) is 1.85. The first-order valence-electron chi connectivity index (χ1n) is 6.01. The van der Waals surface area contributed by atoms with E-state index in [1.165, 1.54) is 12.1 Å². The van der Waals surface area contributed by atoms with Gasteiger partial charge in [0.15, 0.2) is 0 Å². The van der Waals surface area contributed by atoms with Crippen molar-refractivity contribution in [3.8, 4) is 0 Å². The zero-order valence-electron chi connectivity index (χ0n) is 11.0. The van der Waals surface area contributed by atoms with Crippen molar-refractivity contribution in [2.75, 3.05) is 0 Å². The number of hydrogen-bond acceptors (Lipinski definition) is 2. The van der Waals surface area contributed by atoms with Gasteiger partial charge in [-0.2, -0.15) is 0 Å². The molecule has 0 fully saturated rings. The Morgan fingerprint density at radius 3 is 2.44 bits per heavy atom. The minimum absolute atomic E-state index is 0.121. The van der Waals surface area contributed by atoms with Crippen molar-refractivity contribution in [1.82, 2.24) is 5.32 Å². The fraction of sp³-hybridized carbons (Fsp3) is 0.429. The van der Waals surface area contributed by atoms with Crippen molar-refractivity contribution in [3.05, 3.63) is 35.4 Å². The maximum Gasteiger partial charge on any atom is 0.335 e. The number of rotatable bonds is 5. The maximum atomic E-state index is 12.0. The Kier molecular flexibility index (Phi) is 4.48. The number of carbonyl (C=O) groups is 2. The van der Waals surface area contributed by atoms with Gasteiger partial charge >= 0.3 is 5.97 Å². The molecular formula is C14H19NO3. The monoisotopic (exact) mass is 249 g/mol. The normalized spacial score (nSPS) is 11.1. The number of amides is 1. The number of aromatic carboxylic acids is 1. The van der Waals surface area contributed by atoms with Crippen LogP contribution < -0.4 is 5.32 Å². The number of nitrogens with one attached hydrogen (secondary N) is 1. The molecule has 0 unspecified atom stereocenters. The van der Waals surface area contributed by atoms with E-state index >= 15 is 0 Å².